The molecule has 1 saturated carbocycles. The number of rotatable bonds is 2. The lowest BCUT2D eigenvalue weighted by Crippen LogP contribution is -2.50. The molecule has 2 fully saturated rings. The Morgan fingerprint density at radius 3 is 2.40 bits per heavy atom. The monoisotopic (exact) mass is 475 g/mol. The van der Waals surface area contributed by atoms with Gasteiger partial charge in [-0.25, -0.2) is 5.01 Å². The van der Waals surface area contributed by atoms with Crippen molar-refractivity contribution in [3.8, 4) is 11.5 Å². The molecule has 8 nitrogen and oxygen atoms in total. The zero-order chi connectivity index (χ0) is 24.2. The number of hydrazine groups is 1. The van der Waals surface area contributed by atoms with E-state index in [0.717, 1.165) is 42.7 Å². The van der Waals surface area contributed by atoms with Crippen molar-refractivity contribution in [1.82, 2.24) is 10.3 Å². The highest BCUT2D eigenvalue weighted by Gasteiger charge is 2.46. The van der Waals surface area contributed by atoms with Crippen LogP contribution < -0.4 is 19.9 Å². The number of hydrogen-bond acceptors (Lipinski definition) is 5. The van der Waals surface area contributed by atoms with Crippen LogP contribution in [0.25, 0.3) is 0 Å². The van der Waals surface area contributed by atoms with E-state index in [2.05, 4.69) is 24.5 Å². The second-order valence-electron chi connectivity index (χ2n) is 9.99. The van der Waals surface area contributed by atoms with Crippen LogP contribution in [0.5, 0.6) is 11.5 Å². The summed E-state index contributed by atoms with van der Waals surface area (Å²) in [5.74, 6) is 1.17. The van der Waals surface area contributed by atoms with Gasteiger partial charge in [-0.3, -0.25) is 19.8 Å². The Labute approximate surface area is 204 Å². The largest absolute Gasteiger partial charge is 0.486 e. The van der Waals surface area contributed by atoms with Gasteiger partial charge in [0.05, 0.1) is 11.7 Å². The van der Waals surface area contributed by atoms with E-state index in [1.807, 2.05) is 4.90 Å². The summed E-state index contributed by atoms with van der Waals surface area (Å²) in [6, 6.07) is 11.0. The molecular formula is C27H29N3O5. The topological polar surface area (TPSA) is 88.2 Å². The molecule has 1 unspecified atom stereocenters. The Morgan fingerprint density at radius 2 is 1.69 bits per heavy atom. The number of nitrogens with one attached hydrogen (secondary N) is 1. The van der Waals surface area contributed by atoms with E-state index in [-0.39, 0.29) is 42.0 Å². The molecule has 6 rings (SSSR count). The second kappa shape index (κ2) is 8.29. The van der Waals surface area contributed by atoms with Crippen LogP contribution in [0.3, 0.4) is 0 Å². The van der Waals surface area contributed by atoms with E-state index in [4.69, 9.17) is 9.47 Å². The lowest BCUT2D eigenvalue weighted by atomic mass is 9.71. The molecule has 2 aromatic rings. The quantitative estimate of drug-likeness (QED) is 0.717. The number of benzene rings is 2. The number of ether oxygens (including phenoxy) is 2. The number of amides is 3. The maximum absolute atomic E-state index is 13.8. The van der Waals surface area contributed by atoms with Crippen molar-refractivity contribution in [2.24, 2.45) is 0 Å². The van der Waals surface area contributed by atoms with Gasteiger partial charge in [0, 0.05) is 30.4 Å². The molecule has 8 heteroatoms. The van der Waals surface area contributed by atoms with Crippen LogP contribution in [0.15, 0.2) is 36.4 Å². The average molecular weight is 476 g/mol. The molecule has 1 saturated heterocycles. The SMILES string of the molecule is CC1c2cc3c(cc2C2(CCCC2)CN1C(=O)c1ccc(N2NC(=O)CCC2=O)cc1)OCCO3. The van der Waals surface area contributed by atoms with Crippen molar-refractivity contribution in [1.29, 1.82) is 0 Å². The molecule has 3 heterocycles. The number of hydrogen-bond donors (Lipinski definition) is 1. The molecule has 1 atom stereocenters. The van der Waals surface area contributed by atoms with Crippen molar-refractivity contribution in [3.63, 3.8) is 0 Å². The first-order valence-corrected chi connectivity index (χ1v) is 12.4. The number of nitrogens with zero attached hydrogens (tertiary/aromatic N) is 2. The summed E-state index contributed by atoms with van der Waals surface area (Å²) in [4.78, 5) is 39.7. The van der Waals surface area contributed by atoms with Gasteiger partial charge in [0.2, 0.25) is 11.8 Å². The van der Waals surface area contributed by atoms with E-state index in [1.165, 1.54) is 10.6 Å². The predicted molar refractivity (Wildman–Crippen MR) is 128 cm³/mol. The van der Waals surface area contributed by atoms with Crippen molar-refractivity contribution in [2.75, 3.05) is 24.8 Å². The third-order valence-electron chi connectivity index (χ3n) is 7.92. The number of carbonyl (C=O) groups excluding carboxylic acids is 3. The van der Waals surface area contributed by atoms with Crippen LogP contribution in [-0.2, 0) is 15.0 Å². The molecule has 1 aliphatic carbocycles. The van der Waals surface area contributed by atoms with Crippen LogP contribution in [0, 0.1) is 0 Å². The molecule has 0 bridgehead atoms. The van der Waals surface area contributed by atoms with E-state index in [1.54, 1.807) is 24.3 Å². The van der Waals surface area contributed by atoms with Gasteiger partial charge in [0.25, 0.3) is 5.91 Å². The average Bonchev–Trinajstić information content (AvgIpc) is 3.36. The number of anilines is 1. The second-order valence-corrected chi connectivity index (χ2v) is 9.99. The maximum Gasteiger partial charge on any atom is 0.254 e. The zero-order valence-electron chi connectivity index (χ0n) is 19.8. The predicted octanol–water partition coefficient (Wildman–Crippen LogP) is 3.64. The van der Waals surface area contributed by atoms with Gasteiger partial charge in [-0.1, -0.05) is 12.8 Å². The van der Waals surface area contributed by atoms with Crippen molar-refractivity contribution < 1.29 is 23.9 Å². The molecule has 0 aromatic heterocycles. The van der Waals surface area contributed by atoms with E-state index in [0.29, 0.717) is 31.0 Å². The fraction of sp³-hybridized carbons (Fsp3) is 0.444. The first kappa shape index (κ1) is 21.9. The summed E-state index contributed by atoms with van der Waals surface area (Å²) in [5, 5.41) is 1.26. The molecule has 35 heavy (non-hydrogen) atoms. The Hall–Kier alpha value is -3.55. The number of fused-ring (bicyclic) bond motifs is 3. The Kier molecular flexibility index (Phi) is 5.20. The van der Waals surface area contributed by atoms with Crippen LogP contribution in [0.1, 0.15) is 73.0 Å². The zero-order valence-corrected chi connectivity index (χ0v) is 19.8. The molecule has 3 amide bonds. The van der Waals surface area contributed by atoms with Crippen LogP contribution in [-0.4, -0.2) is 42.4 Å². The van der Waals surface area contributed by atoms with Gasteiger partial charge in [-0.15, -0.1) is 0 Å². The summed E-state index contributed by atoms with van der Waals surface area (Å²) >= 11 is 0. The molecule has 0 radical (unpaired) electrons. The van der Waals surface area contributed by atoms with Gasteiger partial charge < -0.3 is 14.4 Å². The third-order valence-corrected chi connectivity index (χ3v) is 7.92. The Balaban J connectivity index is 1.31. The highest BCUT2D eigenvalue weighted by molar-refractivity contribution is 6.02. The fourth-order valence-electron chi connectivity index (χ4n) is 6.06. The smallest absolute Gasteiger partial charge is 0.254 e. The molecular weight excluding hydrogens is 446 g/mol. The normalized spacial score (nSPS) is 22.7. The maximum atomic E-state index is 13.8. The summed E-state index contributed by atoms with van der Waals surface area (Å²) in [7, 11) is 0. The van der Waals surface area contributed by atoms with Crippen LogP contribution in [0.4, 0.5) is 5.69 Å². The molecule has 3 aliphatic heterocycles. The van der Waals surface area contributed by atoms with Gasteiger partial charge in [-0.05, 0) is 67.3 Å². The number of carbonyl (C=O) groups is 3. The summed E-state index contributed by atoms with van der Waals surface area (Å²) in [6.45, 7) is 3.83. The first-order chi connectivity index (χ1) is 16.9. The van der Waals surface area contributed by atoms with Gasteiger partial charge in [0.1, 0.15) is 13.2 Å². The van der Waals surface area contributed by atoms with Crippen LogP contribution in [0.2, 0.25) is 0 Å². The summed E-state index contributed by atoms with van der Waals surface area (Å²) in [6.07, 6.45) is 4.76. The highest BCUT2D eigenvalue weighted by atomic mass is 16.6. The van der Waals surface area contributed by atoms with E-state index < -0.39 is 0 Å². The van der Waals surface area contributed by atoms with Crippen molar-refractivity contribution in [3.05, 3.63) is 53.1 Å². The van der Waals surface area contributed by atoms with E-state index >= 15 is 0 Å². The molecule has 4 aliphatic rings. The Morgan fingerprint density at radius 1 is 1.00 bits per heavy atom. The summed E-state index contributed by atoms with van der Waals surface area (Å²) in [5.41, 5.74) is 6.07. The van der Waals surface area contributed by atoms with Crippen molar-refractivity contribution >= 4 is 23.4 Å². The third kappa shape index (κ3) is 3.63. The lowest BCUT2D eigenvalue weighted by molar-refractivity contribution is -0.130. The first-order valence-electron chi connectivity index (χ1n) is 12.4. The Bertz CT molecular complexity index is 1200. The van der Waals surface area contributed by atoms with Gasteiger partial charge in [0.15, 0.2) is 11.5 Å². The minimum Gasteiger partial charge on any atom is -0.486 e. The lowest BCUT2D eigenvalue weighted by Gasteiger charge is -2.46. The van der Waals surface area contributed by atoms with Gasteiger partial charge >= 0.3 is 0 Å². The van der Waals surface area contributed by atoms with Gasteiger partial charge in [-0.2, -0.15) is 0 Å². The van der Waals surface area contributed by atoms with E-state index in [9.17, 15) is 14.4 Å². The molecule has 2 aromatic carbocycles. The highest BCUT2D eigenvalue weighted by Crippen LogP contribution is 2.52. The fourth-order valence-corrected chi connectivity index (χ4v) is 6.06. The molecule has 1 N–H and O–H groups in total. The van der Waals surface area contributed by atoms with Crippen molar-refractivity contribution in [2.45, 2.75) is 56.9 Å². The summed E-state index contributed by atoms with van der Waals surface area (Å²) < 4.78 is 11.8. The molecule has 182 valence electrons. The van der Waals surface area contributed by atoms with Crippen LogP contribution >= 0.6 is 0 Å². The standard InChI is InChI=1S/C27H29N3O5/c1-17-20-14-22-23(35-13-12-34-22)15-21(20)27(10-2-3-11-27)16-29(17)26(33)18-4-6-19(7-5-18)30-25(32)9-8-24(31)28-30/h4-7,14-15,17H,2-3,8-13,16H2,1H3,(H,28,31). The minimum atomic E-state index is -0.191. The molecule has 1 spiro atoms. The minimum absolute atomic E-state index is 0.0372.